The van der Waals surface area contributed by atoms with E-state index in [2.05, 4.69) is 4.98 Å². The molecule has 2 aromatic heterocycles. The Balaban J connectivity index is 2.16. The minimum absolute atomic E-state index is 0.00353. The summed E-state index contributed by atoms with van der Waals surface area (Å²) in [5, 5.41) is 9.02. The van der Waals surface area contributed by atoms with Gasteiger partial charge in [-0.1, -0.05) is 6.07 Å². The Hall–Kier alpha value is -3.35. The zero-order valence-electron chi connectivity index (χ0n) is 11.3. The lowest BCUT2D eigenvalue weighted by atomic mass is 10.2. The van der Waals surface area contributed by atoms with E-state index in [1.807, 2.05) is 0 Å². The highest BCUT2D eigenvalue weighted by atomic mass is 16.4. The molecule has 0 amide bonds. The van der Waals surface area contributed by atoms with Gasteiger partial charge >= 0.3 is 11.7 Å². The van der Waals surface area contributed by atoms with Crippen LogP contribution in [0.25, 0.3) is 11.4 Å². The number of nitrogens with one attached hydrogen (secondary N) is 1. The van der Waals surface area contributed by atoms with Crippen molar-refractivity contribution in [3.63, 3.8) is 0 Å². The summed E-state index contributed by atoms with van der Waals surface area (Å²) in [6.07, 6.45) is 4.33. The largest absolute Gasteiger partial charge is 0.478 e. The Morgan fingerprint density at radius 2 is 1.77 bits per heavy atom. The van der Waals surface area contributed by atoms with E-state index in [9.17, 15) is 14.4 Å². The van der Waals surface area contributed by atoms with Gasteiger partial charge in [-0.15, -0.1) is 0 Å². The average molecular weight is 297 g/mol. The molecule has 0 radical (unpaired) electrons. The maximum absolute atomic E-state index is 12.0. The van der Waals surface area contributed by atoms with E-state index >= 15 is 0 Å². The zero-order chi connectivity index (χ0) is 15.7. The van der Waals surface area contributed by atoms with Crippen LogP contribution in [-0.4, -0.2) is 25.2 Å². The second kappa shape index (κ2) is 5.21. The number of aromatic amines is 1. The van der Waals surface area contributed by atoms with Crippen LogP contribution in [0.3, 0.4) is 0 Å². The van der Waals surface area contributed by atoms with Crippen LogP contribution >= 0.6 is 0 Å². The molecule has 0 aliphatic carbocycles. The summed E-state index contributed by atoms with van der Waals surface area (Å²) in [6, 6.07) is 9.13. The van der Waals surface area contributed by atoms with E-state index in [0.717, 1.165) is 0 Å². The third-order valence-corrected chi connectivity index (χ3v) is 3.19. The molecule has 0 saturated heterocycles. The number of imidazole rings is 1. The summed E-state index contributed by atoms with van der Waals surface area (Å²) in [7, 11) is 0. The van der Waals surface area contributed by atoms with Crippen molar-refractivity contribution in [2.75, 3.05) is 0 Å². The maximum atomic E-state index is 12.0. The molecular formula is C15H11N3O4. The van der Waals surface area contributed by atoms with Crippen LogP contribution in [0.1, 0.15) is 10.4 Å². The minimum atomic E-state index is -1.12. The van der Waals surface area contributed by atoms with Crippen LogP contribution in [0.4, 0.5) is 0 Å². The normalized spacial score (nSPS) is 10.5. The molecule has 3 aromatic rings. The Morgan fingerprint density at radius 3 is 2.41 bits per heavy atom. The molecule has 3 rings (SSSR count). The van der Waals surface area contributed by atoms with Crippen molar-refractivity contribution in [3.05, 3.63) is 81.4 Å². The van der Waals surface area contributed by atoms with Crippen molar-refractivity contribution < 1.29 is 9.90 Å². The van der Waals surface area contributed by atoms with Gasteiger partial charge < -0.3 is 10.1 Å². The van der Waals surface area contributed by atoms with E-state index in [1.54, 1.807) is 30.5 Å². The van der Waals surface area contributed by atoms with Crippen molar-refractivity contribution in [1.29, 1.82) is 0 Å². The number of rotatable bonds is 3. The molecule has 0 bridgehead atoms. The number of H-pyrrole nitrogens is 1. The molecule has 7 heteroatoms. The SMILES string of the molecule is O=C(O)c1ccc(=O)n(-c2cccc(-n3cc[nH]c3=O)c2)c1. The monoisotopic (exact) mass is 297 g/mol. The first-order valence-corrected chi connectivity index (χ1v) is 6.39. The molecule has 2 N–H and O–H groups in total. The van der Waals surface area contributed by atoms with Crippen LogP contribution < -0.4 is 11.2 Å². The topological polar surface area (TPSA) is 97.1 Å². The lowest BCUT2D eigenvalue weighted by molar-refractivity contribution is 0.0696. The molecule has 110 valence electrons. The standard InChI is InChI=1S/C15H11N3O4/c19-13-5-4-10(14(20)21)9-18(13)12-3-1-2-11(8-12)17-7-6-16-15(17)22/h1-9H,(H,16,22)(H,20,21). The number of carboxylic acids is 1. The molecule has 0 aliphatic heterocycles. The fraction of sp³-hybridized carbons (Fsp3) is 0. The van der Waals surface area contributed by atoms with Gasteiger partial charge in [0.1, 0.15) is 0 Å². The number of carbonyl (C=O) groups is 1. The molecule has 0 saturated carbocycles. The number of carboxylic acid groups (broad SMARTS) is 1. The van der Waals surface area contributed by atoms with Crippen molar-refractivity contribution in [2.45, 2.75) is 0 Å². The Labute approximate surface area is 123 Å². The van der Waals surface area contributed by atoms with Gasteiger partial charge in [0.25, 0.3) is 5.56 Å². The second-order valence-corrected chi connectivity index (χ2v) is 4.59. The van der Waals surface area contributed by atoms with Crippen molar-refractivity contribution >= 4 is 5.97 Å². The maximum Gasteiger partial charge on any atom is 0.337 e. The van der Waals surface area contributed by atoms with Gasteiger partial charge in [0, 0.05) is 24.7 Å². The minimum Gasteiger partial charge on any atom is -0.478 e. The van der Waals surface area contributed by atoms with Gasteiger partial charge in [0.15, 0.2) is 0 Å². The summed E-state index contributed by atoms with van der Waals surface area (Å²) in [5.74, 6) is -1.12. The van der Waals surface area contributed by atoms with Gasteiger partial charge in [0.2, 0.25) is 0 Å². The van der Waals surface area contributed by atoms with Crippen molar-refractivity contribution in [3.8, 4) is 11.4 Å². The molecule has 7 nitrogen and oxygen atoms in total. The first-order chi connectivity index (χ1) is 10.6. The smallest absolute Gasteiger partial charge is 0.337 e. The van der Waals surface area contributed by atoms with Gasteiger partial charge in [-0.25, -0.2) is 9.59 Å². The summed E-state index contributed by atoms with van der Waals surface area (Å²) in [6.45, 7) is 0. The van der Waals surface area contributed by atoms with Crippen LogP contribution in [0.15, 0.2) is 64.6 Å². The highest BCUT2D eigenvalue weighted by Crippen LogP contribution is 2.12. The van der Waals surface area contributed by atoms with Crippen molar-refractivity contribution in [2.24, 2.45) is 0 Å². The molecule has 0 fully saturated rings. The first kappa shape index (κ1) is 13.6. The summed E-state index contributed by atoms with van der Waals surface area (Å²) in [5.41, 5.74) is 0.381. The number of benzene rings is 1. The third kappa shape index (κ3) is 2.35. The van der Waals surface area contributed by atoms with E-state index in [-0.39, 0.29) is 16.8 Å². The Kier molecular flexibility index (Phi) is 3.23. The summed E-state index contributed by atoms with van der Waals surface area (Å²) < 4.78 is 2.61. The quantitative estimate of drug-likeness (QED) is 0.754. The molecule has 22 heavy (non-hydrogen) atoms. The Morgan fingerprint density at radius 1 is 1.05 bits per heavy atom. The van der Waals surface area contributed by atoms with Crippen LogP contribution in [0, 0.1) is 0 Å². The van der Waals surface area contributed by atoms with Crippen LogP contribution in [0.5, 0.6) is 0 Å². The van der Waals surface area contributed by atoms with E-state index in [1.165, 1.54) is 33.7 Å². The van der Waals surface area contributed by atoms with Gasteiger partial charge in [-0.2, -0.15) is 0 Å². The van der Waals surface area contributed by atoms with E-state index in [0.29, 0.717) is 11.4 Å². The predicted molar refractivity (Wildman–Crippen MR) is 78.9 cm³/mol. The summed E-state index contributed by atoms with van der Waals surface area (Å²) >= 11 is 0. The Bertz CT molecular complexity index is 965. The molecule has 1 aromatic carbocycles. The number of pyridine rings is 1. The zero-order valence-corrected chi connectivity index (χ0v) is 11.3. The predicted octanol–water partition coefficient (Wildman–Crippen LogP) is 1.01. The fourth-order valence-electron chi connectivity index (χ4n) is 2.13. The average Bonchev–Trinajstić information content (AvgIpc) is 2.94. The number of nitrogens with zero attached hydrogens (tertiary/aromatic N) is 2. The second-order valence-electron chi connectivity index (χ2n) is 4.59. The number of aromatic carboxylic acids is 1. The highest BCUT2D eigenvalue weighted by Gasteiger charge is 2.08. The van der Waals surface area contributed by atoms with Crippen molar-refractivity contribution in [1.82, 2.24) is 14.1 Å². The molecule has 0 atom stereocenters. The molecule has 2 heterocycles. The van der Waals surface area contributed by atoms with E-state index < -0.39 is 5.97 Å². The molecule has 0 unspecified atom stereocenters. The summed E-state index contributed by atoms with van der Waals surface area (Å²) in [4.78, 5) is 37.1. The molecule has 0 aliphatic rings. The van der Waals surface area contributed by atoms with Gasteiger partial charge in [-0.05, 0) is 24.3 Å². The lowest BCUT2D eigenvalue weighted by Gasteiger charge is -2.09. The van der Waals surface area contributed by atoms with Gasteiger partial charge in [-0.3, -0.25) is 13.9 Å². The number of aromatic nitrogens is 3. The van der Waals surface area contributed by atoms with Gasteiger partial charge in [0.05, 0.1) is 16.9 Å². The number of hydrogen-bond donors (Lipinski definition) is 2. The molecular weight excluding hydrogens is 286 g/mol. The van der Waals surface area contributed by atoms with E-state index in [4.69, 9.17) is 5.11 Å². The fourth-order valence-corrected chi connectivity index (χ4v) is 2.13. The lowest BCUT2D eigenvalue weighted by Crippen LogP contribution is -2.19. The first-order valence-electron chi connectivity index (χ1n) is 6.39. The number of hydrogen-bond acceptors (Lipinski definition) is 3. The van der Waals surface area contributed by atoms with Crippen LogP contribution in [-0.2, 0) is 0 Å². The highest BCUT2D eigenvalue weighted by molar-refractivity contribution is 5.87. The van der Waals surface area contributed by atoms with Crippen LogP contribution in [0.2, 0.25) is 0 Å². The molecule has 0 spiro atoms. The third-order valence-electron chi connectivity index (χ3n) is 3.19.